The fraction of sp³-hybridized carbons (Fsp3) is 0.308. The molecule has 0 atom stereocenters. The Kier molecular flexibility index (Phi) is 5.09. The molecule has 0 radical (unpaired) electrons. The number of pyridine rings is 1. The van der Waals surface area contributed by atoms with Gasteiger partial charge in [0.2, 0.25) is 0 Å². The Labute approximate surface area is 176 Å². The van der Waals surface area contributed by atoms with Gasteiger partial charge in [-0.05, 0) is 73.7 Å². The Bertz CT molecular complexity index is 1250. The van der Waals surface area contributed by atoms with Crippen molar-refractivity contribution in [1.82, 2.24) is 14.3 Å². The van der Waals surface area contributed by atoms with Crippen molar-refractivity contribution < 1.29 is 0 Å². The second-order valence-corrected chi connectivity index (χ2v) is 8.34. The highest BCUT2D eigenvalue weighted by molar-refractivity contribution is 5.86. The highest BCUT2D eigenvalue weighted by Gasteiger charge is 2.22. The molecule has 0 aliphatic carbocycles. The van der Waals surface area contributed by atoms with Crippen LogP contribution in [0.4, 0.5) is 0 Å². The number of aryl methyl sites for hydroxylation is 1. The maximum Gasteiger partial charge on any atom is 0.261 e. The molecular weight excluding hydrogens is 370 g/mol. The normalized spacial score (nSPS) is 15.8. The molecule has 1 aliphatic rings. The number of fused-ring (bicyclic) bond motifs is 2. The van der Waals surface area contributed by atoms with Crippen molar-refractivity contribution in [2.75, 3.05) is 19.6 Å². The molecule has 0 bridgehead atoms. The van der Waals surface area contributed by atoms with Crippen molar-refractivity contribution in [2.24, 2.45) is 0 Å². The summed E-state index contributed by atoms with van der Waals surface area (Å²) in [5.74, 6) is 0.613. The van der Waals surface area contributed by atoms with E-state index in [0.717, 1.165) is 43.0 Å². The van der Waals surface area contributed by atoms with E-state index < -0.39 is 0 Å². The molecule has 0 saturated carbocycles. The largest absolute Gasteiger partial charge is 0.303 e. The standard InChI is InChI=1S/C26H27N3O/c1-19-22(26(30)29-15-5-4-11-25(29)27-19)14-18-28-16-12-21(13-17-28)24-10-6-8-20-7-2-3-9-23(20)24/h2-11,15,21H,12-14,16-18H2,1H3. The molecule has 4 heteroatoms. The average Bonchev–Trinajstić information content (AvgIpc) is 2.79. The van der Waals surface area contributed by atoms with Crippen molar-refractivity contribution in [1.29, 1.82) is 0 Å². The Morgan fingerprint density at radius 1 is 0.967 bits per heavy atom. The quantitative estimate of drug-likeness (QED) is 0.506. The van der Waals surface area contributed by atoms with Crippen LogP contribution in [0.3, 0.4) is 0 Å². The second-order valence-electron chi connectivity index (χ2n) is 8.34. The first-order valence-electron chi connectivity index (χ1n) is 10.9. The van der Waals surface area contributed by atoms with E-state index in [1.807, 2.05) is 31.3 Å². The third kappa shape index (κ3) is 3.52. The van der Waals surface area contributed by atoms with Crippen LogP contribution in [0, 0.1) is 6.92 Å². The van der Waals surface area contributed by atoms with E-state index in [1.54, 1.807) is 4.40 Å². The van der Waals surface area contributed by atoms with Crippen LogP contribution >= 0.6 is 0 Å². The summed E-state index contributed by atoms with van der Waals surface area (Å²) in [6.07, 6.45) is 4.90. The summed E-state index contributed by atoms with van der Waals surface area (Å²) in [5.41, 5.74) is 3.98. The van der Waals surface area contributed by atoms with E-state index in [9.17, 15) is 4.79 Å². The molecule has 0 N–H and O–H groups in total. The van der Waals surface area contributed by atoms with Crippen LogP contribution < -0.4 is 5.56 Å². The number of piperidine rings is 1. The van der Waals surface area contributed by atoms with E-state index in [0.29, 0.717) is 5.92 Å². The van der Waals surface area contributed by atoms with Crippen LogP contribution in [0.15, 0.2) is 71.7 Å². The highest BCUT2D eigenvalue weighted by atomic mass is 16.1. The van der Waals surface area contributed by atoms with Gasteiger partial charge in [-0.25, -0.2) is 4.98 Å². The van der Waals surface area contributed by atoms with E-state index in [-0.39, 0.29) is 5.56 Å². The van der Waals surface area contributed by atoms with Crippen LogP contribution in [0.5, 0.6) is 0 Å². The summed E-state index contributed by atoms with van der Waals surface area (Å²) in [7, 11) is 0. The summed E-state index contributed by atoms with van der Waals surface area (Å²) in [5, 5.41) is 2.72. The number of nitrogens with zero attached hydrogens (tertiary/aromatic N) is 3. The molecule has 5 rings (SSSR count). The summed E-state index contributed by atoms with van der Waals surface area (Å²) < 4.78 is 1.66. The van der Waals surface area contributed by atoms with Gasteiger partial charge in [-0.15, -0.1) is 0 Å². The number of benzene rings is 2. The van der Waals surface area contributed by atoms with Crippen molar-refractivity contribution >= 4 is 16.4 Å². The summed E-state index contributed by atoms with van der Waals surface area (Å²) in [6, 6.07) is 21.1. The highest BCUT2D eigenvalue weighted by Crippen LogP contribution is 2.33. The van der Waals surface area contributed by atoms with Gasteiger partial charge in [-0.1, -0.05) is 48.5 Å². The zero-order valence-corrected chi connectivity index (χ0v) is 17.4. The van der Waals surface area contributed by atoms with Crippen LogP contribution in [0.1, 0.15) is 35.6 Å². The van der Waals surface area contributed by atoms with E-state index in [2.05, 4.69) is 52.3 Å². The molecule has 1 saturated heterocycles. The molecule has 3 heterocycles. The molecule has 30 heavy (non-hydrogen) atoms. The van der Waals surface area contributed by atoms with Crippen molar-refractivity contribution in [3.63, 3.8) is 0 Å². The number of likely N-dealkylation sites (tertiary alicyclic amines) is 1. The number of aromatic nitrogens is 2. The first-order chi connectivity index (χ1) is 14.7. The van der Waals surface area contributed by atoms with Crippen molar-refractivity contribution in [2.45, 2.75) is 32.1 Å². The topological polar surface area (TPSA) is 37.6 Å². The Morgan fingerprint density at radius 2 is 1.73 bits per heavy atom. The first kappa shape index (κ1) is 19.0. The van der Waals surface area contributed by atoms with Gasteiger partial charge in [0.1, 0.15) is 5.65 Å². The lowest BCUT2D eigenvalue weighted by molar-refractivity contribution is 0.215. The van der Waals surface area contributed by atoms with Crippen LogP contribution in [0.2, 0.25) is 0 Å². The third-order valence-corrected chi connectivity index (χ3v) is 6.56. The fourth-order valence-corrected chi connectivity index (χ4v) is 4.87. The minimum atomic E-state index is 0.0729. The minimum Gasteiger partial charge on any atom is -0.303 e. The van der Waals surface area contributed by atoms with Gasteiger partial charge in [-0.2, -0.15) is 0 Å². The predicted molar refractivity (Wildman–Crippen MR) is 122 cm³/mol. The lowest BCUT2D eigenvalue weighted by Gasteiger charge is -2.32. The van der Waals surface area contributed by atoms with Crippen LogP contribution in [-0.2, 0) is 6.42 Å². The zero-order chi connectivity index (χ0) is 20.5. The van der Waals surface area contributed by atoms with E-state index in [1.165, 1.54) is 29.2 Å². The van der Waals surface area contributed by atoms with Gasteiger partial charge in [0.15, 0.2) is 0 Å². The molecule has 4 aromatic rings. The molecule has 0 unspecified atom stereocenters. The molecule has 1 fully saturated rings. The molecule has 1 aliphatic heterocycles. The van der Waals surface area contributed by atoms with Gasteiger partial charge in [0, 0.05) is 24.0 Å². The van der Waals surface area contributed by atoms with Gasteiger partial charge >= 0.3 is 0 Å². The Morgan fingerprint density at radius 3 is 2.60 bits per heavy atom. The third-order valence-electron chi connectivity index (χ3n) is 6.56. The van der Waals surface area contributed by atoms with Crippen molar-refractivity contribution in [3.8, 4) is 0 Å². The average molecular weight is 398 g/mol. The molecule has 4 nitrogen and oxygen atoms in total. The lowest BCUT2D eigenvalue weighted by Crippen LogP contribution is -2.35. The van der Waals surface area contributed by atoms with Crippen LogP contribution in [0.25, 0.3) is 16.4 Å². The van der Waals surface area contributed by atoms with Gasteiger partial charge < -0.3 is 4.90 Å². The predicted octanol–water partition coefficient (Wildman–Crippen LogP) is 4.58. The van der Waals surface area contributed by atoms with E-state index >= 15 is 0 Å². The summed E-state index contributed by atoms with van der Waals surface area (Å²) in [6.45, 7) is 5.03. The molecule has 152 valence electrons. The van der Waals surface area contributed by atoms with Gasteiger partial charge in [0.05, 0.1) is 0 Å². The molecule has 2 aromatic carbocycles. The molecular formula is C26H27N3O. The molecule has 2 aromatic heterocycles. The monoisotopic (exact) mass is 397 g/mol. The lowest BCUT2D eigenvalue weighted by atomic mass is 9.86. The SMILES string of the molecule is Cc1nc2ccccn2c(=O)c1CCN1CCC(c2cccc3ccccc23)CC1. The Balaban J connectivity index is 1.27. The first-order valence-corrected chi connectivity index (χ1v) is 10.9. The van der Waals surface area contributed by atoms with Crippen LogP contribution in [-0.4, -0.2) is 33.9 Å². The minimum absolute atomic E-state index is 0.0729. The fourth-order valence-electron chi connectivity index (χ4n) is 4.87. The maximum absolute atomic E-state index is 12.9. The second kappa shape index (κ2) is 8.04. The summed E-state index contributed by atoms with van der Waals surface area (Å²) >= 11 is 0. The number of hydrogen-bond donors (Lipinski definition) is 0. The zero-order valence-electron chi connectivity index (χ0n) is 17.4. The molecule has 0 amide bonds. The van der Waals surface area contributed by atoms with Gasteiger partial charge in [-0.3, -0.25) is 9.20 Å². The number of hydrogen-bond acceptors (Lipinski definition) is 3. The van der Waals surface area contributed by atoms with E-state index in [4.69, 9.17) is 0 Å². The maximum atomic E-state index is 12.9. The molecule has 0 spiro atoms. The number of rotatable bonds is 4. The summed E-state index contributed by atoms with van der Waals surface area (Å²) in [4.78, 5) is 20.0. The van der Waals surface area contributed by atoms with Crippen molar-refractivity contribution in [3.05, 3.63) is 94.0 Å². The smallest absolute Gasteiger partial charge is 0.261 e. The van der Waals surface area contributed by atoms with Gasteiger partial charge in [0.25, 0.3) is 5.56 Å². The Hall–Kier alpha value is -2.98.